The molecule has 88 valence electrons. The monoisotopic (exact) mass is 270 g/mol. The number of hydrogen-bond acceptors (Lipinski definition) is 2. The van der Waals surface area contributed by atoms with E-state index in [0.29, 0.717) is 23.1 Å². The van der Waals surface area contributed by atoms with Gasteiger partial charge in [0.25, 0.3) is 0 Å². The Morgan fingerprint density at radius 2 is 1.94 bits per heavy atom. The van der Waals surface area contributed by atoms with Crippen LogP contribution in [0.15, 0.2) is 24.3 Å². The van der Waals surface area contributed by atoms with Crippen molar-refractivity contribution in [2.45, 2.75) is 13.3 Å². The molecule has 0 spiro atoms. The summed E-state index contributed by atoms with van der Waals surface area (Å²) in [6, 6.07) is 6.07. The molecule has 0 unspecified atom stereocenters. The third-order valence-electron chi connectivity index (χ3n) is 2.27. The molecular formula is C12H9Cl2FN2. The van der Waals surface area contributed by atoms with Gasteiger partial charge in [0.15, 0.2) is 0 Å². The summed E-state index contributed by atoms with van der Waals surface area (Å²) in [7, 11) is 0. The molecule has 0 radical (unpaired) electrons. The lowest BCUT2D eigenvalue weighted by atomic mass is 10.1. The van der Waals surface area contributed by atoms with Gasteiger partial charge < -0.3 is 0 Å². The van der Waals surface area contributed by atoms with E-state index in [1.54, 1.807) is 12.1 Å². The zero-order valence-electron chi connectivity index (χ0n) is 9.04. The molecule has 0 bridgehead atoms. The van der Waals surface area contributed by atoms with Crippen LogP contribution in [0.1, 0.15) is 12.7 Å². The third kappa shape index (κ3) is 2.73. The number of aromatic nitrogens is 2. The van der Waals surface area contributed by atoms with Gasteiger partial charge in [-0.2, -0.15) is 0 Å². The Morgan fingerprint density at radius 3 is 2.59 bits per heavy atom. The molecule has 0 fully saturated rings. The van der Waals surface area contributed by atoms with Crippen molar-refractivity contribution in [1.29, 1.82) is 0 Å². The molecule has 0 atom stereocenters. The van der Waals surface area contributed by atoms with Gasteiger partial charge in [0.05, 0.1) is 10.7 Å². The minimum Gasteiger partial charge on any atom is -0.233 e. The number of hydrogen-bond donors (Lipinski definition) is 0. The first-order valence-electron chi connectivity index (χ1n) is 5.09. The van der Waals surface area contributed by atoms with Gasteiger partial charge in [0, 0.05) is 18.1 Å². The summed E-state index contributed by atoms with van der Waals surface area (Å²) >= 11 is 11.6. The Kier molecular flexibility index (Phi) is 3.60. The molecule has 0 saturated carbocycles. The molecule has 17 heavy (non-hydrogen) atoms. The molecule has 0 aliphatic rings. The van der Waals surface area contributed by atoms with Crippen LogP contribution in [0, 0.1) is 5.82 Å². The van der Waals surface area contributed by atoms with Crippen LogP contribution in [-0.2, 0) is 6.42 Å². The molecule has 1 aromatic heterocycles. The van der Waals surface area contributed by atoms with Gasteiger partial charge >= 0.3 is 0 Å². The Balaban J connectivity index is 2.52. The predicted molar refractivity (Wildman–Crippen MR) is 66.8 cm³/mol. The van der Waals surface area contributed by atoms with Gasteiger partial charge in [-0.1, -0.05) is 30.1 Å². The van der Waals surface area contributed by atoms with Gasteiger partial charge in [-0.3, -0.25) is 0 Å². The lowest BCUT2D eigenvalue weighted by Crippen LogP contribution is -1.95. The van der Waals surface area contributed by atoms with Crippen molar-refractivity contribution in [3.8, 4) is 11.3 Å². The maximum Gasteiger partial charge on any atom is 0.141 e. The highest BCUT2D eigenvalue weighted by Crippen LogP contribution is 2.25. The minimum absolute atomic E-state index is 0.0651. The van der Waals surface area contributed by atoms with E-state index < -0.39 is 5.82 Å². The van der Waals surface area contributed by atoms with Gasteiger partial charge in [-0.25, -0.2) is 14.4 Å². The smallest absolute Gasteiger partial charge is 0.141 e. The highest BCUT2D eigenvalue weighted by atomic mass is 35.5. The molecular weight excluding hydrogens is 262 g/mol. The average Bonchev–Trinajstić information content (AvgIpc) is 2.32. The first-order chi connectivity index (χ1) is 8.10. The molecule has 1 heterocycles. The van der Waals surface area contributed by atoms with E-state index in [1.165, 1.54) is 12.1 Å². The van der Waals surface area contributed by atoms with Crippen molar-refractivity contribution < 1.29 is 4.39 Å². The first kappa shape index (κ1) is 12.3. The highest BCUT2D eigenvalue weighted by molar-refractivity contribution is 6.31. The Hall–Kier alpha value is -1.19. The minimum atomic E-state index is -0.453. The van der Waals surface area contributed by atoms with Gasteiger partial charge in [0.2, 0.25) is 0 Å². The van der Waals surface area contributed by atoms with Crippen molar-refractivity contribution in [2.75, 3.05) is 0 Å². The first-order valence-corrected chi connectivity index (χ1v) is 5.84. The van der Waals surface area contributed by atoms with Crippen molar-refractivity contribution in [3.63, 3.8) is 0 Å². The molecule has 5 heteroatoms. The number of rotatable bonds is 2. The van der Waals surface area contributed by atoms with Crippen LogP contribution < -0.4 is 0 Å². The summed E-state index contributed by atoms with van der Waals surface area (Å²) in [5.41, 5.74) is 1.36. The van der Waals surface area contributed by atoms with Gasteiger partial charge in [0.1, 0.15) is 16.8 Å². The molecule has 1 aromatic carbocycles. The maximum absolute atomic E-state index is 13.0. The van der Waals surface area contributed by atoms with E-state index in [1.807, 2.05) is 6.92 Å². The molecule has 0 saturated heterocycles. The summed E-state index contributed by atoms with van der Waals surface area (Å²) < 4.78 is 13.0. The Bertz CT molecular complexity index is 558. The molecule has 0 aliphatic carbocycles. The van der Waals surface area contributed by atoms with Crippen molar-refractivity contribution in [2.24, 2.45) is 0 Å². The summed E-state index contributed by atoms with van der Waals surface area (Å²) in [4.78, 5) is 8.38. The topological polar surface area (TPSA) is 25.8 Å². The standard InChI is InChI=1S/C12H9Cl2FN2/c1-2-12-16-10(6-11(14)17-12)7-3-4-9(15)8(13)5-7/h3-6H,2H2,1H3. The lowest BCUT2D eigenvalue weighted by molar-refractivity contribution is 0.628. The SMILES string of the molecule is CCc1nc(Cl)cc(-c2ccc(F)c(Cl)c2)n1. The normalized spacial score (nSPS) is 10.6. The number of halogens is 3. The maximum atomic E-state index is 13.0. The Morgan fingerprint density at radius 1 is 1.18 bits per heavy atom. The van der Waals surface area contributed by atoms with Crippen LogP contribution in [0.4, 0.5) is 4.39 Å². The van der Waals surface area contributed by atoms with Gasteiger partial charge in [-0.05, 0) is 18.2 Å². The number of benzene rings is 1. The highest BCUT2D eigenvalue weighted by Gasteiger charge is 2.07. The third-order valence-corrected chi connectivity index (χ3v) is 2.76. The second-order valence-electron chi connectivity index (χ2n) is 3.47. The lowest BCUT2D eigenvalue weighted by Gasteiger charge is -2.04. The van der Waals surface area contributed by atoms with Gasteiger partial charge in [-0.15, -0.1) is 0 Å². The number of nitrogens with zero attached hydrogens (tertiary/aromatic N) is 2. The summed E-state index contributed by atoms with van der Waals surface area (Å²) in [6.07, 6.45) is 0.683. The van der Waals surface area contributed by atoms with E-state index in [-0.39, 0.29) is 5.02 Å². The zero-order chi connectivity index (χ0) is 12.4. The van der Waals surface area contributed by atoms with Crippen LogP contribution in [0.25, 0.3) is 11.3 Å². The molecule has 0 aliphatic heterocycles. The molecule has 0 amide bonds. The Labute approximate surface area is 108 Å². The van der Waals surface area contributed by atoms with Crippen LogP contribution >= 0.6 is 23.2 Å². The zero-order valence-corrected chi connectivity index (χ0v) is 10.6. The van der Waals surface area contributed by atoms with Crippen molar-refractivity contribution in [3.05, 3.63) is 46.1 Å². The quantitative estimate of drug-likeness (QED) is 0.767. The van der Waals surface area contributed by atoms with Crippen LogP contribution in [0.3, 0.4) is 0 Å². The molecule has 2 rings (SSSR count). The molecule has 2 nitrogen and oxygen atoms in total. The second kappa shape index (κ2) is 4.98. The summed E-state index contributed by atoms with van der Waals surface area (Å²) in [6.45, 7) is 1.94. The fourth-order valence-corrected chi connectivity index (χ4v) is 1.81. The molecule has 2 aromatic rings. The van der Waals surface area contributed by atoms with E-state index in [4.69, 9.17) is 23.2 Å². The summed E-state index contributed by atoms with van der Waals surface area (Å²) in [5.74, 6) is 0.194. The summed E-state index contributed by atoms with van der Waals surface area (Å²) in [5, 5.41) is 0.433. The van der Waals surface area contributed by atoms with E-state index in [0.717, 1.165) is 5.56 Å². The van der Waals surface area contributed by atoms with Crippen LogP contribution in [0.2, 0.25) is 10.2 Å². The fourth-order valence-electron chi connectivity index (χ4n) is 1.43. The van der Waals surface area contributed by atoms with Crippen molar-refractivity contribution in [1.82, 2.24) is 9.97 Å². The predicted octanol–water partition coefficient (Wildman–Crippen LogP) is 4.15. The van der Waals surface area contributed by atoms with Crippen LogP contribution in [-0.4, -0.2) is 9.97 Å². The number of aryl methyl sites for hydroxylation is 1. The largest absolute Gasteiger partial charge is 0.233 e. The fraction of sp³-hybridized carbons (Fsp3) is 0.167. The average molecular weight is 271 g/mol. The second-order valence-corrected chi connectivity index (χ2v) is 4.27. The van der Waals surface area contributed by atoms with E-state index in [9.17, 15) is 4.39 Å². The molecule has 0 N–H and O–H groups in total. The van der Waals surface area contributed by atoms with Crippen molar-refractivity contribution >= 4 is 23.2 Å². The van der Waals surface area contributed by atoms with E-state index in [2.05, 4.69) is 9.97 Å². The van der Waals surface area contributed by atoms with Crippen LogP contribution in [0.5, 0.6) is 0 Å². The van der Waals surface area contributed by atoms with E-state index >= 15 is 0 Å².